The maximum atomic E-state index is 4.46. The fourth-order valence-corrected chi connectivity index (χ4v) is 2.75. The molecule has 0 atom stereocenters. The van der Waals surface area contributed by atoms with Crippen molar-refractivity contribution >= 4 is 29.9 Å². The van der Waals surface area contributed by atoms with Crippen LogP contribution in [0.1, 0.15) is 39.5 Å². The highest BCUT2D eigenvalue weighted by Gasteiger charge is 2.19. The van der Waals surface area contributed by atoms with Gasteiger partial charge in [0, 0.05) is 19.6 Å². The number of hydrogen-bond donors (Lipinski definition) is 2. The lowest BCUT2D eigenvalue weighted by Gasteiger charge is -2.32. The quantitative estimate of drug-likeness (QED) is 0.703. The van der Waals surface area contributed by atoms with E-state index in [0.717, 1.165) is 37.4 Å². The molecule has 2 heterocycles. The zero-order valence-corrected chi connectivity index (χ0v) is 15.4. The minimum atomic E-state index is 0. The Bertz CT molecular complexity index is 286. The zero-order chi connectivity index (χ0) is 13.5. The summed E-state index contributed by atoms with van der Waals surface area (Å²) >= 11 is 0. The van der Waals surface area contributed by atoms with E-state index < -0.39 is 0 Å². The van der Waals surface area contributed by atoms with Gasteiger partial charge in [0.25, 0.3) is 0 Å². The molecule has 20 heavy (non-hydrogen) atoms. The maximum Gasteiger partial charge on any atom is 0.191 e. The van der Waals surface area contributed by atoms with E-state index in [1.54, 1.807) is 0 Å². The average Bonchev–Trinajstić information content (AvgIpc) is 2.45. The Kier molecular flexibility index (Phi) is 8.84. The molecule has 2 rings (SSSR count). The molecule has 118 valence electrons. The minimum absolute atomic E-state index is 0. The number of guanidine groups is 1. The second kappa shape index (κ2) is 9.82. The van der Waals surface area contributed by atoms with Crippen molar-refractivity contribution in [2.45, 2.75) is 39.5 Å². The van der Waals surface area contributed by atoms with Crippen LogP contribution in [0.25, 0.3) is 0 Å². The third kappa shape index (κ3) is 6.61. The Morgan fingerprint density at radius 3 is 2.70 bits per heavy atom. The molecule has 2 aliphatic heterocycles. The van der Waals surface area contributed by atoms with Crippen LogP contribution in [0.15, 0.2) is 4.99 Å². The molecule has 2 N–H and O–H groups in total. The van der Waals surface area contributed by atoms with Gasteiger partial charge in [0.2, 0.25) is 0 Å². The summed E-state index contributed by atoms with van der Waals surface area (Å²) in [6.45, 7) is 11.6. The van der Waals surface area contributed by atoms with Crippen LogP contribution in [0.4, 0.5) is 0 Å². The van der Waals surface area contributed by atoms with Crippen molar-refractivity contribution in [2.24, 2.45) is 16.8 Å². The lowest BCUT2D eigenvalue weighted by atomic mass is 9.96. The molecule has 0 aromatic rings. The third-order valence-electron chi connectivity index (χ3n) is 4.19. The highest BCUT2D eigenvalue weighted by Crippen LogP contribution is 2.17. The second-order valence-electron chi connectivity index (χ2n) is 6.36. The molecule has 1 saturated heterocycles. The third-order valence-corrected chi connectivity index (χ3v) is 4.19. The molecular weight excluding hydrogens is 363 g/mol. The molecule has 2 aliphatic rings. The standard InChI is InChI=1S/C15H30N4.HI/c1-13(2)4-9-19-10-5-14(6-11-19)12-18-15-16-7-3-8-17-15;/h13-14H,3-12H2,1-2H3,(H2,16,17,18);1H. The maximum absolute atomic E-state index is 4.46. The van der Waals surface area contributed by atoms with Crippen molar-refractivity contribution in [1.29, 1.82) is 0 Å². The fraction of sp³-hybridized carbons (Fsp3) is 0.933. The summed E-state index contributed by atoms with van der Waals surface area (Å²) in [7, 11) is 0. The predicted octanol–water partition coefficient (Wildman–Crippen LogP) is 2.30. The van der Waals surface area contributed by atoms with Crippen molar-refractivity contribution in [3.63, 3.8) is 0 Å². The normalized spacial score (nSPS) is 21.1. The van der Waals surface area contributed by atoms with Gasteiger partial charge in [-0.1, -0.05) is 13.8 Å². The van der Waals surface area contributed by atoms with Gasteiger partial charge in [-0.2, -0.15) is 0 Å². The molecule has 0 aliphatic carbocycles. The van der Waals surface area contributed by atoms with E-state index in [1.165, 1.54) is 45.3 Å². The molecule has 0 radical (unpaired) electrons. The number of halogens is 1. The molecule has 5 heteroatoms. The minimum Gasteiger partial charge on any atom is -0.356 e. The Morgan fingerprint density at radius 1 is 1.35 bits per heavy atom. The lowest BCUT2D eigenvalue weighted by molar-refractivity contribution is 0.177. The van der Waals surface area contributed by atoms with Gasteiger partial charge in [0.05, 0.1) is 0 Å². The van der Waals surface area contributed by atoms with E-state index in [-0.39, 0.29) is 24.0 Å². The topological polar surface area (TPSA) is 39.7 Å². The van der Waals surface area contributed by atoms with Gasteiger partial charge in [0.15, 0.2) is 5.96 Å². The second-order valence-corrected chi connectivity index (χ2v) is 6.36. The molecular formula is C15H31IN4. The molecule has 0 spiro atoms. The summed E-state index contributed by atoms with van der Waals surface area (Å²) in [4.78, 5) is 7.09. The van der Waals surface area contributed by atoms with E-state index in [1.807, 2.05) is 0 Å². The predicted molar refractivity (Wildman–Crippen MR) is 97.0 cm³/mol. The molecule has 1 fully saturated rings. The van der Waals surface area contributed by atoms with Crippen LogP contribution in [0.5, 0.6) is 0 Å². The van der Waals surface area contributed by atoms with Crippen molar-refractivity contribution in [3.05, 3.63) is 0 Å². The Labute approximate surface area is 141 Å². The lowest BCUT2D eigenvalue weighted by Crippen LogP contribution is -2.44. The summed E-state index contributed by atoms with van der Waals surface area (Å²) in [6.07, 6.45) is 5.17. The molecule has 0 bridgehead atoms. The molecule has 0 saturated carbocycles. The Morgan fingerprint density at radius 2 is 2.10 bits per heavy atom. The summed E-state index contributed by atoms with van der Waals surface area (Å²) < 4.78 is 0. The van der Waals surface area contributed by atoms with Crippen molar-refractivity contribution < 1.29 is 0 Å². The molecule has 0 aromatic heterocycles. The van der Waals surface area contributed by atoms with E-state index >= 15 is 0 Å². The van der Waals surface area contributed by atoms with Gasteiger partial charge < -0.3 is 15.5 Å². The smallest absolute Gasteiger partial charge is 0.191 e. The van der Waals surface area contributed by atoms with Crippen molar-refractivity contribution in [2.75, 3.05) is 39.3 Å². The van der Waals surface area contributed by atoms with Gasteiger partial charge in [-0.25, -0.2) is 0 Å². The number of nitrogens with zero attached hydrogens (tertiary/aromatic N) is 2. The summed E-state index contributed by atoms with van der Waals surface area (Å²) in [6, 6.07) is 0. The number of nitrogens with one attached hydrogen (secondary N) is 2. The van der Waals surface area contributed by atoms with Gasteiger partial charge in [0.1, 0.15) is 0 Å². The van der Waals surface area contributed by atoms with Gasteiger partial charge in [-0.15, -0.1) is 24.0 Å². The fourth-order valence-electron chi connectivity index (χ4n) is 2.75. The Balaban J connectivity index is 0.00000200. The molecule has 0 unspecified atom stereocenters. The van der Waals surface area contributed by atoms with Crippen LogP contribution in [-0.2, 0) is 0 Å². The number of hydrogen-bond acceptors (Lipinski definition) is 4. The van der Waals surface area contributed by atoms with Gasteiger partial charge in [-0.05, 0) is 57.2 Å². The van der Waals surface area contributed by atoms with Crippen LogP contribution >= 0.6 is 24.0 Å². The number of likely N-dealkylation sites (tertiary alicyclic amines) is 1. The van der Waals surface area contributed by atoms with Gasteiger partial charge >= 0.3 is 0 Å². The first-order chi connectivity index (χ1) is 9.24. The van der Waals surface area contributed by atoms with E-state index in [2.05, 4.69) is 34.4 Å². The highest BCUT2D eigenvalue weighted by molar-refractivity contribution is 14.0. The Hall–Kier alpha value is -0.0400. The first-order valence-corrected chi connectivity index (χ1v) is 7.98. The van der Waals surface area contributed by atoms with E-state index in [4.69, 9.17) is 0 Å². The van der Waals surface area contributed by atoms with E-state index in [0.29, 0.717) is 0 Å². The molecule has 0 aromatic carbocycles. The highest BCUT2D eigenvalue weighted by atomic mass is 127. The number of rotatable bonds is 5. The van der Waals surface area contributed by atoms with Crippen molar-refractivity contribution in [1.82, 2.24) is 15.5 Å². The van der Waals surface area contributed by atoms with Crippen LogP contribution in [0, 0.1) is 11.8 Å². The number of piperidine rings is 1. The summed E-state index contributed by atoms with van der Waals surface area (Å²) in [5, 5.41) is 6.81. The SMILES string of the molecule is CC(C)CCN1CCC(CNC2=NCCCN2)CC1.I. The zero-order valence-electron chi connectivity index (χ0n) is 13.0. The molecule has 4 nitrogen and oxygen atoms in total. The number of aliphatic imine (C=N–C) groups is 1. The summed E-state index contributed by atoms with van der Waals surface area (Å²) in [5.41, 5.74) is 0. The largest absolute Gasteiger partial charge is 0.356 e. The van der Waals surface area contributed by atoms with Crippen LogP contribution in [-0.4, -0.2) is 50.1 Å². The average molecular weight is 394 g/mol. The summed E-state index contributed by atoms with van der Waals surface area (Å²) in [5.74, 6) is 2.67. The van der Waals surface area contributed by atoms with Gasteiger partial charge in [-0.3, -0.25) is 4.99 Å². The van der Waals surface area contributed by atoms with Crippen LogP contribution in [0.2, 0.25) is 0 Å². The van der Waals surface area contributed by atoms with E-state index in [9.17, 15) is 0 Å². The first-order valence-electron chi connectivity index (χ1n) is 7.98. The van der Waals surface area contributed by atoms with Crippen molar-refractivity contribution in [3.8, 4) is 0 Å². The monoisotopic (exact) mass is 394 g/mol. The van der Waals surface area contributed by atoms with Crippen LogP contribution in [0.3, 0.4) is 0 Å². The molecule has 0 amide bonds. The van der Waals surface area contributed by atoms with Crippen LogP contribution < -0.4 is 10.6 Å². The first kappa shape index (κ1) is 18.0.